The molecule has 0 saturated heterocycles. The van der Waals surface area contributed by atoms with Gasteiger partial charge < -0.3 is 5.32 Å². The van der Waals surface area contributed by atoms with E-state index in [-0.39, 0.29) is 5.91 Å². The lowest BCUT2D eigenvalue weighted by atomic mass is 9.97. The molecule has 4 rings (SSSR count). The van der Waals surface area contributed by atoms with Crippen molar-refractivity contribution in [1.29, 1.82) is 0 Å². The Kier molecular flexibility index (Phi) is 3.97. The Labute approximate surface area is 151 Å². The molecule has 2 aromatic carbocycles. The summed E-state index contributed by atoms with van der Waals surface area (Å²) in [5.74, 6) is -0.0958. The molecule has 0 bridgehead atoms. The third-order valence-electron chi connectivity index (χ3n) is 4.48. The first-order valence-electron chi connectivity index (χ1n) is 8.35. The van der Waals surface area contributed by atoms with Crippen LogP contribution in [0.2, 0.25) is 0 Å². The molecule has 26 heavy (non-hydrogen) atoms. The number of rotatable bonds is 3. The first-order valence-corrected chi connectivity index (χ1v) is 8.35. The van der Waals surface area contributed by atoms with Crippen molar-refractivity contribution in [2.75, 3.05) is 7.05 Å². The van der Waals surface area contributed by atoms with Crippen LogP contribution in [0.3, 0.4) is 0 Å². The van der Waals surface area contributed by atoms with Gasteiger partial charge in [0.05, 0.1) is 6.20 Å². The van der Waals surface area contributed by atoms with E-state index in [0.717, 1.165) is 33.0 Å². The van der Waals surface area contributed by atoms with Crippen LogP contribution in [-0.4, -0.2) is 27.7 Å². The van der Waals surface area contributed by atoms with Crippen molar-refractivity contribution in [3.05, 3.63) is 72.8 Å². The molecule has 0 aliphatic rings. The number of carbonyl (C=O) groups is 1. The summed E-state index contributed by atoms with van der Waals surface area (Å²) in [5.41, 5.74) is 4.90. The molecular weight excluding hydrogens is 324 g/mol. The highest BCUT2D eigenvalue weighted by molar-refractivity contribution is 6.02. The average molecular weight is 342 g/mol. The Balaban J connectivity index is 1.79. The van der Waals surface area contributed by atoms with E-state index in [0.29, 0.717) is 5.56 Å². The van der Waals surface area contributed by atoms with Crippen LogP contribution in [0, 0.1) is 0 Å². The van der Waals surface area contributed by atoms with Crippen LogP contribution in [-0.2, 0) is 7.05 Å². The molecule has 1 N–H and O–H groups in total. The molecule has 5 heteroatoms. The molecule has 0 spiro atoms. The first-order chi connectivity index (χ1) is 12.7. The summed E-state index contributed by atoms with van der Waals surface area (Å²) in [5, 5.41) is 8.90. The minimum atomic E-state index is -0.0958. The second kappa shape index (κ2) is 6.44. The molecule has 0 radical (unpaired) electrons. The number of amides is 1. The van der Waals surface area contributed by atoms with E-state index in [1.165, 1.54) is 0 Å². The Morgan fingerprint density at radius 2 is 1.73 bits per heavy atom. The van der Waals surface area contributed by atoms with Crippen LogP contribution in [0.15, 0.2) is 67.3 Å². The molecule has 2 aromatic heterocycles. The third-order valence-corrected chi connectivity index (χ3v) is 4.48. The molecular formula is C21H18N4O. The van der Waals surface area contributed by atoms with E-state index in [1.54, 1.807) is 11.7 Å². The van der Waals surface area contributed by atoms with Crippen LogP contribution >= 0.6 is 0 Å². The molecule has 128 valence electrons. The number of pyridine rings is 1. The Morgan fingerprint density at radius 1 is 0.962 bits per heavy atom. The van der Waals surface area contributed by atoms with E-state index >= 15 is 0 Å². The van der Waals surface area contributed by atoms with Gasteiger partial charge in [-0.05, 0) is 28.6 Å². The summed E-state index contributed by atoms with van der Waals surface area (Å²) in [6, 6.07) is 14.0. The number of hydrogen-bond donors (Lipinski definition) is 1. The van der Waals surface area contributed by atoms with E-state index in [9.17, 15) is 4.79 Å². The van der Waals surface area contributed by atoms with Crippen molar-refractivity contribution in [1.82, 2.24) is 20.1 Å². The van der Waals surface area contributed by atoms with Gasteiger partial charge in [-0.25, -0.2) is 0 Å². The van der Waals surface area contributed by atoms with Crippen molar-refractivity contribution >= 4 is 16.7 Å². The number of nitrogens with one attached hydrogen (secondary N) is 1. The molecule has 0 fully saturated rings. The summed E-state index contributed by atoms with van der Waals surface area (Å²) < 4.78 is 1.79. The molecule has 0 aliphatic heterocycles. The first kappa shape index (κ1) is 16.0. The highest BCUT2D eigenvalue weighted by Gasteiger charge is 2.09. The summed E-state index contributed by atoms with van der Waals surface area (Å²) in [4.78, 5) is 16.3. The molecule has 0 aliphatic carbocycles. The van der Waals surface area contributed by atoms with E-state index < -0.39 is 0 Å². The number of fused-ring (bicyclic) bond motifs is 1. The molecule has 0 unspecified atom stereocenters. The Bertz CT molecular complexity index is 1100. The number of hydrogen-bond acceptors (Lipinski definition) is 3. The SMILES string of the molecule is CNC(=O)c1ccc2cncc(-c3ccc(-c4cnn(C)c4)cc3)c2c1. The lowest BCUT2D eigenvalue weighted by Gasteiger charge is -2.09. The monoisotopic (exact) mass is 342 g/mol. The molecule has 2 heterocycles. The topological polar surface area (TPSA) is 59.8 Å². The van der Waals surface area contributed by atoms with Crippen LogP contribution in [0.25, 0.3) is 33.0 Å². The maximum Gasteiger partial charge on any atom is 0.251 e. The lowest BCUT2D eigenvalue weighted by molar-refractivity contribution is 0.0963. The van der Waals surface area contributed by atoms with Crippen molar-refractivity contribution in [2.45, 2.75) is 0 Å². The van der Waals surface area contributed by atoms with Gasteiger partial charge in [0, 0.05) is 54.8 Å². The Morgan fingerprint density at radius 3 is 2.42 bits per heavy atom. The van der Waals surface area contributed by atoms with Gasteiger partial charge in [0.25, 0.3) is 5.91 Å². The number of aryl methyl sites for hydroxylation is 1. The molecule has 4 aromatic rings. The fourth-order valence-corrected chi connectivity index (χ4v) is 3.09. The third kappa shape index (κ3) is 2.84. The minimum Gasteiger partial charge on any atom is -0.355 e. The van der Waals surface area contributed by atoms with Crippen molar-refractivity contribution in [3.63, 3.8) is 0 Å². The quantitative estimate of drug-likeness (QED) is 0.618. The fourth-order valence-electron chi connectivity index (χ4n) is 3.09. The summed E-state index contributed by atoms with van der Waals surface area (Å²) in [6.45, 7) is 0. The average Bonchev–Trinajstić information content (AvgIpc) is 3.13. The molecule has 5 nitrogen and oxygen atoms in total. The van der Waals surface area contributed by atoms with Gasteiger partial charge >= 0.3 is 0 Å². The fraction of sp³-hybridized carbons (Fsp3) is 0.0952. The predicted octanol–water partition coefficient (Wildman–Crippen LogP) is 3.66. The summed E-state index contributed by atoms with van der Waals surface area (Å²) in [7, 11) is 3.54. The standard InChI is InChI=1S/C21H18N4O/c1-22-21(26)16-7-8-17-10-23-12-20(19(17)9-16)15-5-3-14(4-6-15)18-11-24-25(2)13-18/h3-13H,1-2H3,(H,22,26). The lowest BCUT2D eigenvalue weighted by Crippen LogP contribution is -2.17. The maximum absolute atomic E-state index is 12.0. The van der Waals surface area contributed by atoms with E-state index in [4.69, 9.17) is 0 Å². The molecule has 0 saturated carbocycles. The van der Waals surface area contributed by atoms with Crippen LogP contribution < -0.4 is 5.32 Å². The van der Waals surface area contributed by atoms with Gasteiger partial charge in [0.1, 0.15) is 0 Å². The summed E-state index contributed by atoms with van der Waals surface area (Å²) in [6.07, 6.45) is 7.50. The van der Waals surface area contributed by atoms with Crippen molar-refractivity contribution in [2.24, 2.45) is 7.05 Å². The predicted molar refractivity (Wildman–Crippen MR) is 103 cm³/mol. The maximum atomic E-state index is 12.0. The van der Waals surface area contributed by atoms with Crippen LogP contribution in [0.5, 0.6) is 0 Å². The van der Waals surface area contributed by atoms with E-state index in [2.05, 4.69) is 39.7 Å². The smallest absolute Gasteiger partial charge is 0.251 e. The highest BCUT2D eigenvalue weighted by Crippen LogP contribution is 2.30. The van der Waals surface area contributed by atoms with Crippen molar-refractivity contribution < 1.29 is 4.79 Å². The zero-order chi connectivity index (χ0) is 18.1. The number of aromatic nitrogens is 3. The molecule has 1 amide bonds. The van der Waals surface area contributed by atoms with Gasteiger partial charge in [-0.1, -0.05) is 30.3 Å². The van der Waals surface area contributed by atoms with Gasteiger partial charge in [0.2, 0.25) is 0 Å². The highest BCUT2D eigenvalue weighted by atomic mass is 16.1. The van der Waals surface area contributed by atoms with Gasteiger partial charge in [-0.3, -0.25) is 14.5 Å². The normalized spacial score (nSPS) is 10.8. The van der Waals surface area contributed by atoms with Crippen LogP contribution in [0.4, 0.5) is 0 Å². The molecule has 0 atom stereocenters. The second-order valence-corrected chi connectivity index (χ2v) is 6.18. The van der Waals surface area contributed by atoms with Gasteiger partial charge in [-0.15, -0.1) is 0 Å². The largest absolute Gasteiger partial charge is 0.355 e. The number of nitrogens with zero attached hydrogens (tertiary/aromatic N) is 3. The number of benzene rings is 2. The Hall–Kier alpha value is -3.47. The zero-order valence-corrected chi connectivity index (χ0v) is 14.6. The van der Waals surface area contributed by atoms with Crippen LogP contribution in [0.1, 0.15) is 10.4 Å². The second-order valence-electron chi connectivity index (χ2n) is 6.18. The van der Waals surface area contributed by atoms with Crippen molar-refractivity contribution in [3.8, 4) is 22.3 Å². The zero-order valence-electron chi connectivity index (χ0n) is 14.6. The summed E-state index contributed by atoms with van der Waals surface area (Å²) >= 11 is 0. The van der Waals surface area contributed by atoms with Gasteiger partial charge in [-0.2, -0.15) is 5.10 Å². The minimum absolute atomic E-state index is 0.0958. The van der Waals surface area contributed by atoms with Gasteiger partial charge in [0.15, 0.2) is 0 Å². The van der Waals surface area contributed by atoms with E-state index in [1.807, 2.05) is 50.0 Å². The number of carbonyl (C=O) groups excluding carboxylic acids is 1.